The highest BCUT2D eigenvalue weighted by atomic mass is 32.2. The van der Waals surface area contributed by atoms with Crippen molar-refractivity contribution in [2.75, 3.05) is 17.2 Å². The van der Waals surface area contributed by atoms with Crippen molar-refractivity contribution in [1.29, 1.82) is 0 Å². The third kappa shape index (κ3) is 3.26. The first-order valence-corrected chi connectivity index (χ1v) is 9.14. The van der Waals surface area contributed by atoms with Gasteiger partial charge < -0.3 is 10.6 Å². The lowest BCUT2D eigenvalue weighted by Crippen LogP contribution is -2.36. The number of amides is 1. The summed E-state index contributed by atoms with van der Waals surface area (Å²) in [4.78, 5) is 14.2. The van der Waals surface area contributed by atoms with Crippen molar-refractivity contribution in [3.8, 4) is 0 Å². The van der Waals surface area contributed by atoms with E-state index in [0.29, 0.717) is 12.2 Å². The van der Waals surface area contributed by atoms with E-state index in [1.807, 2.05) is 18.2 Å². The molecule has 2 heterocycles. The minimum atomic E-state index is -3.78. The first-order valence-electron chi connectivity index (χ1n) is 7.59. The van der Waals surface area contributed by atoms with Crippen molar-refractivity contribution in [2.45, 2.75) is 30.7 Å². The van der Waals surface area contributed by atoms with Gasteiger partial charge in [-0.05, 0) is 30.5 Å². The standard InChI is InChI=1S/C15H19N5O3S/c16-13-4-1-5-14-12(13)3-2-7-20(14)15(21)6-8-19-10-11(9-18-19)24(17,22)23/h1,4-5,9-10H,2-3,6-8,16H2,(H2,17,22,23). The fraction of sp³-hybridized carbons (Fsp3) is 0.333. The summed E-state index contributed by atoms with van der Waals surface area (Å²) in [5.41, 5.74) is 8.56. The molecule has 0 unspecified atom stereocenters. The third-order valence-corrected chi connectivity index (χ3v) is 4.95. The molecule has 0 saturated carbocycles. The number of hydrogen-bond donors (Lipinski definition) is 2. The lowest BCUT2D eigenvalue weighted by atomic mass is 9.99. The van der Waals surface area contributed by atoms with E-state index in [1.165, 1.54) is 17.1 Å². The Kier molecular flexibility index (Phi) is 4.29. The molecule has 4 N–H and O–H groups in total. The highest BCUT2D eigenvalue weighted by molar-refractivity contribution is 7.89. The van der Waals surface area contributed by atoms with Gasteiger partial charge in [0.2, 0.25) is 15.9 Å². The van der Waals surface area contributed by atoms with E-state index in [0.717, 1.165) is 24.1 Å². The van der Waals surface area contributed by atoms with E-state index >= 15 is 0 Å². The lowest BCUT2D eigenvalue weighted by Gasteiger charge is -2.30. The quantitative estimate of drug-likeness (QED) is 0.777. The molecule has 128 valence electrons. The minimum Gasteiger partial charge on any atom is -0.398 e. The van der Waals surface area contributed by atoms with Crippen LogP contribution in [0.4, 0.5) is 11.4 Å². The zero-order valence-electron chi connectivity index (χ0n) is 13.1. The predicted molar refractivity (Wildman–Crippen MR) is 89.7 cm³/mol. The molecule has 0 radical (unpaired) electrons. The van der Waals surface area contributed by atoms with Crippen molar-refractivity contribution in [3.05, 3.63) is 36.2 Å². The van der Waals surface area contributed by atoms with Crippen molar-refractivity contribution in [1.82, 2.24) is 9.78 Å². The van der Waals surface area contributed by atoms with Crippen molar-refractivity contribution >= 4 is 27.3 Å². The van der Waals surface area contributed by atoms with Crippen LogP contribution in [0.1, 0.15) is 18.4 Å². The summed E-state index contributed by atoms with van der Waals surface area (Å²) in [7, 11) is -3.78. The molecule has 1 aromatic heterocycles. The number of fused-ring (bicyclic) bond motifs is 1. The van der Waals surface area contributed by atoms with Gasteiger partial charge in [-0.25, -0.2) is 13.6 Å². The van der Waals surface area contributed by atoms with E-state index in [1.54, 1.807) is 4.90 Å². The van der Waals surface area contributed by atoms with E-state index in [-0.39, 0.29) is 23.8 Å². The molecule has 2 aromatic rings. The number of nitrogens with two attached hydrogens (primary N) is 2. The average molecular weight is 349 g/mol. The van der Waals surface area contributed by atoms with Crippen LogP contribution in [0.2, 0.25) is 0 Å². The van der Waals surface area contributed by atoms with Crippen LogP contribution in [0.3, 0.4) is 0 Å². The number of anilines is 2. The van der Waals surface area contributed by atoms with Crippen molar-refractivity contribution in [2.24, 2.45) is 5.14 Å². The highest BCUT2D eigenvalue weighted by Gasteiger charge is 2.23. The molecule has 1 amide bonds. The van der Waals surface area contributed by atoms with Gasteiger partial charge in [0.05, 0.1) is 6.20 Å². The van der Waals surface area contributed by atoms with Crippen molar-refractivity contribution < 1.29 is 13.2 Å². The fourth-order valence-corrected chi connectivity index (χ4v) is 3.33. The van der Waals surface area contributed by atoms with E-state index in [9.17, 15) is 13.2 Å². The van der Waals surface area contributed by atoms with Gasteiger partial charge in [-0.15, -0.1) is 0 Å². The number of rotatable bonds is 4. The van der Waals surface area contributed by atoms with Crippen LogP contribution < -0.4 is 15.8 Å². The first-order chi connectivity index (χ1) is 11.4. The lowest BCUT2D eigenvalue weighted by molar-refractivity contribution is -0.119. The Morgan fingerprint density at radius 3 is 2.83 bits per heavy atom. The smallest absolute Gasteiger partial charge is 0.241 e. The molecule has 0 atom stereocenters. The molecule has 0 aliphatic carbocycles. The summed E-state index contributed by atoms with van der Waals surface area (Å²) in [6, 6.07) is 5.58. The second-order valence-corrected chi connectivity index (χ2v) is 7.29. The molecule has 0 saturated heterocycles. The molecule has 0 spiro atoms. The van der Waals surface area contributed by atoms with Crippen LogP contribution in [0.25, 0.3) is 0 Å². The Labute approximate surface area is 140 Å². The zero-order valence-corrected chi connectivity index (χ0v) is 13.9. The number of carbonyl (C=O) groups is 1. The minimum absolute atomic E-state index is 0.0470. The molecule has 0 bridgehead atoms. The summed E-state index contributed by atoms with van der Waals surface area (Å²) < 4.78 is 23.9. The Bertz CT molecular complexity index is 875. The van der Waals surface area contributed by atoms with Gasteiger partial charge in [-0.2, -0.15) is 5.10 Å². The summed E-state index contributed by atoms with van der Waals surface area (Å²) in [5.74, 6) is -0.0470. The molecule has 8 nitrogen and oxygen atoms in total. The van der Waals surface area contributed by atoms with E-state index in [4.69, 9.17) is 10.9 Å². The average Bonchev–Trinajstić information content (AvgIpc) is 3.02. The van der Waals surface area contributed by atoms with Gasteiger partial charge in [-0.3, -0.25) is 9.48 Å². The Hall–Kier alpha value is -2.39. The van der Waals surface area contributed by atoms with Gasteiger partial charge in [0.15, 0.2) is 0 Å². The number of sulfonamides is 1. The number of primary sulfonamides is 1. The SMILES string of the molecule is Nc1cccc2c1CCCN2C(=O)CCn1cc(S(N)(=O)=O)cn1. The zero-order chi connectivity index (χ0) is 17.3. The summed E-state index contributed by atoms with van der Waals surface area (Å²) in [6.07, 6.45) is 4.44. The second kappa shape index (κ2) is 6.25. The summed E-state index contributed by atoms with van der Waals surface area (Å²) >= 11 is 0. The molecular weight excluding hydrogens is 330 g/mol. The summed E-state index contributed by atoms with van der Waals surface area (Å²) in [5, 5.41) is 8.97. The molecule has 0 fully saturated rings. The number of carbonyl (C=O) groups excluding carboxylic acids is 1. The molecule has 1 aromatic carbocycles. The molecule has 9 heteroatoms. The van der Waals surface area contributed by atoms with Crippen LogP contribution in [0.5, 0.6) is 0 Å². The monoisotopic (exact) mass is 349 g/mol. The predicted octanol–water partition coefficient (Wildman–Crippen LogP) is 0.482. The maximum absolute atomic E-state index is 12.6. The summed E-state index contributed by atoms with van der Waals surface area (Å²) in [6.45, 7) is 0.930. The van der Waals surface area contributed by atoms with Gasteiger partial charge in [0, 0.05) is 37.1 Å². The molecular formula is C15H19N5O3S. The Morgan fingerprint density at radius 2 is 2.12 bits per heavy atom. The van der Waals surface area contributed by atoms with Crippen LogP contribution in [0.15, 0.2) is 35.5 Å². The van der Waals surface area contributed by atoms with Gasteiger partial charge in [-0.1, -0.05) is 6.07 Å². The van der Waals surface area contributed by atoms with E-state index in [2.05, 4.69) is 5.10 Å². The van der Waals surface area contributed by atoms with Crippen LogP contribution in [-0.2, 0) is 27.8 Å². The topological polar surface area (TPSA) is 124 Å². The van der Waals surface area contributed by atoms with Gasteiger partial charge in [0.25, 0.3) is 0 Å². The molecule has 1 aliphatic heterocycles. The van der Waals surface area contributed by atoms with Crippen LogP contribution >= 0.6 is 0 Å². The van der Waals surface area contributed by atoms with E-state index < -0.39 is 10.0 Å². The number of aromatic nitrogens is 2. The maximum Gasteiger partial charge on any atom is 0.241 e. The van der Waals surface area contributed by atoms with Gasteiger partial charge >= 0.3 is 0 Å². The molecule has 1 aliphatic rings. The highest BCUT2D eigenvalue weighted by Crippen LogP contribution is 2.31. The molecule has 24 heavy (non-hydrogen) atoms. The third-order valence-electron chi connectivity index (χ3n) is 4.08. The normalized spacial score (nSPS) is 14.5. The number of nitrogens with zero attached hydrogens (tertiary/aromatic N) is 3. The maximum atomic E-state index is 12.6. The number of nitrogen functional groups attached to an aromatic ring is 1. The van der Waals surface area contributed by atoms with Crippen LogP contribution in [-0.4, -0.2) is 30.7 Å². The van der Waals surface area contributed by atoms with Crippen LogP contribution in [0, 0.1) is 0 Å². The first kappa shape index (κ1) is 16.5. The largest absolute Gasteiger partial charge is 0.398 e. The fourth-order valence-electron chi connectivity index (χ4n) is 2.87. The number of hydrogen-bond acceptors (Lipinski definition) is 5. The van der Waals surface area contributed by atoms with Crippen molar-refractivity contribution in [3.63, 3.8) is 0 Å². The Balaban J connectivity index is 1.71. The number of benzene rings is 1. The second-order valence-electron chi connectivity index (χ2n) is 5.73. The molecule has 3 rings (SSSR count). The van der Waals surface area contributed by atoms with Gasteiger partial charge in [0.1, 0.15) is 4.90 Å². The number of aryl methyl sites for hydroxylation is 1. The Morgan fingerprint density at radius 1 is 1.33 bits per heavy atom.